The summed E-state index contributed by atoms with van der Waals surface area (Å²) in [6.45, 7) is 0. The summed E-state index contributed by atoms with van der Waals surface area (Å²) in [6, 6.07) is 0. The number of hydrogen-bond acceptors (Lipinski definition) is 7. The van der Waals surface area contributed by atoms with Crippen LogP contribution in [0.25, 0.3) is 0 Å². The van der Waals surface area contributed by atoms with E-state index in [0.29, 0.717) is 0 Å². The van der Waals surface area contributed by atoms with Gasteiger partial charge in [-0.25, -0.2) is 4.98 Å². The first-order valence-electron chi connectivity index (χ1n) is 2.80. The fourth-order valence-electron chi connectivity index (χ4n) is 0.593. The van der Waals surface area contributed by atoms with E-state index in [2.05, 4.69) is 10.1 Å². The molecule has 0 saturated carbocycles. The van der Waals surface area contributed by atoms with Crippen molar-refractivity contribution in [3.63, 3.8) is 0 Å². The van der Waals surface area contributed by atoms with E-state index in [1.807, 2.05) is 0 Å². The molecule has 0 aliphatic heterocycles. The average molecular weight is 245 g/mol. The van der Waals surface area contributed by atoms with Crippen molar-refractivity contribution in [3.05, 3.63) is 11.1 Å². The van der Waals surface area contributed by atoms with E-state index in [1.165, 1.54) is 5.38 Å². The number of oxime groups is 1. The number of thiazole rings is 1. The Balaban J connectivity index is -0.000000480. The van der Waals surface area contributed by atoms with Gasteiger partial charge >= 0.3 is 29.6 Å². The first kappa shape index (κ1) is 19.8. The number of rotatable bonds is 2. The van der Waals surface area contributed by atoms with Gasteiger partial charge < -0.3 is 31.8 Å². The molecule has 0 radical (unpaired) electrons. The van der Waals surface area contributed by atoms with Crippen LogP contribution in [0.15, 0.2) is 10.5 Å². The summed E-state index contributed by atoms with van der Waals surface area (Å²) in [5, 5.41) is 22.6. The standard InChI is InChI=1S/C5H5N3O3S.Na.2H2O/c6-5-7-2(1-12-5)3(8-11)4(9)10;;;/h1,11H,(H2,6,7)(H,9,10);;2*1H2/q;+1;;/p-1/b8-3-;;;. The molecule has 0 aromatic carbocycles. The van der Waals surface area contributed by atoms with Gasteiger partial charge in [-0.15, -0.1) is 11.3 Å². The van der Waals surface area contributed by atoms with E-state index < -0.39 is 11.7 Å². The van der Waals surface area contributed by atoms with Crippen LogP contribution in [0, 0.1) is 0 Å². The van der Waals surface area contributed by atoms with E-state index in [9.17, 15) is 9.90 Å². The van der Waals surface area contributed by atoms with Gasteiger partial charge in [-0.1, -0.05) is 5.16 Å². The maximum atomic E-state index is 10.3. The summed E-state index contributed by atoms with van der Waals surface area (Å²) in [4.78, 5) is 13.8. The number of aromatic nitrogens is 1. The zero-order valence-electron chi connectivity index (χ0n) is 7.72. The molecule has 15 heavy (non-hydrogen) atoms. The minimum Gasteiger partial charge on any atom is -0.543 e. The Kier molecular flexibility index (Phi) is 11.3. The Labute approximate surface area is 110 Å². The minimum atomic E-state index is -1.59. The van der Waals surface area contributed by atoms with Crippen molar-refractivity contribution in [2.24, 2.45) is 5.16 Å². The summed E-state index contributed by atoms with van der Waals surface area (Å²) < 4.78 is 0. The van der Waals surface area contributed by atoms with Crippen LogP contribution in [-0.2, 0) is 4.79 Å². The molecule has 10 heteroatoms. The van der Waals surface area contributed by atoms with Crippen LogP contribution in [0.3, 0.4) is 0 Å². The third-order valence-corrected chi connectivity index (χ3v) is 1.73. The van der Waals surface area contributed by atoms with Gasteiger partial charge in [0.15, 0.2) is 10.8 Å². The minimum absolute atomic E-state index is 0. The smallest absolute Gasteiger partial charge is 0.543 e. The van der Waals surface area contributed by atoms with Gasteiger partial charge in [0.1, 0.15) is 5.69 Å². The number of carboxylic acids is 1. The molecule has 80 valence electrons. The number of carbonyl (C=O) groups excluding carboxylic acids is 1. The molecule has 0 spiro atoms. The van der Waals surface area contributed by atoms with Crippen LogP contribution < -0.4 is 40.4 Å². The van der Waals surface area contributed by atoms with E-state index >= 15 is 0 Å². The summed E-state index contributed by atoms with van der Waals surface area (Å²) >= 11 is 1.05. The van der Waals surface area contributed by atoms with Gasteiger partial charge in [0.2, 0.25) is 0 Å². The Morgan fingerprint density at radius 1 is 1.60 bits per heavy atom. The molecule has 0 bridgehead atoms. The number of nitrogen functional groups attached to an aromatic ring is 1. The van der Waals surface area contributed by atoms with Crippen LogP contribution in [-0.4, -0.2) is 32.8 Å². The maximum absolute atomic E-state index is 10.3. The molecule has 0 unspecified atom stereocenters. The zero-order chi connectivity index (χ0) is 9.14. The first-order chi connectivity index (χ1) is 5.65. The van der Waals surface area contributed by atoms with Crippen LogP contribution in [0.2, 0.25) is 0 Å². The fraction of sp³-hybridized carbons (Fsp3) is 0. The number of nitrogens with two attached hydrogens (primary N) is 1. The Morgan fingerprint density at radius 3 is 2.40 bits per heavy atom. The topological polar surface area (TPSA) is 175 Å². The van der Waals surface area contributed by atoms with Crippen LogP contribution in [0.4, 0.5) is 5.13 Å². The predicted molar refractivity (Wildman–Crippen MR) is 47.1 cm³/mol. The number of carbonyl (C=O) groups is 1. The van der Waals surface area contributed by atoms with E-state index in [0.717, 1.165) is 11.3 Å². The number of nitrogens with zero attached hydrogens (tertiary/aromatic N) is 2. The van der Waals surface area contributed by atoms with Crippen molar-refractivity contribution in [1.29, 1.82) is 0 Å². The molecule has 0 aliphatic rings. The second-order valence-corrected chi connectivity index (χ2v) is 2.70. The van der Waals surface area contributed by atoms with Crippen LogP contribution >= 0.6 is 11.3 Å². The van der Waals surface area contributed by atoms with Crippen molar-refractivity contribution in [2.75, 3.05) is 5.73 Å². The number of hydrogen-bond donors (Lipinski definition) is 2. The molecule has 0 fully saturated rings. The summed E-state index contributed by atoms with van der Waals surface area (Å²) in [5.41, 5.74) is 4.61. The van der Waals surface area contributed by atoms with Gasteiger partial charge in [0.05, 0.1) is 5.97 Å². The van der Waals surface area contributed by atoms with Gasteiger partial charge in [-0.2, -0.15) is 0 Å². The fourth-order valence-corrected chi connectivity index (χ4v) is 1.14. The third-order valence-electron chi connectivity index (χ3n) is 1.06. The van der Waals surface area contributed by atoms with E-state index in [4.69, 9.17) is 10.9 Å². The summed E-state index contributed by atoms with van der Waals surface area (Å²) in [6.07, 6.45) is 0. The predicted octanol–water partition coefficient (Wildman–Crippen LogP) is -5.99. The van der Waals surface area contributed by atoms with Crippen molar-refractivity contribution in [1.82, 2.24) is 4.98 Å². The van der Waals surface area contributed by atoms with Gasteiger partial charge in [0.25, 0.3) is 0 Å². The Morgan fingerprint density at radius 2 is 2.13 bits per heavy atom. The third kappa shape index (κ3) is 5.06. The number of carboxylic acid groups (broad SMARTS) is 1. The molecule has 0 amide bonds. The number of aliphatic carboxylic acids is 1. The van der Waals surface area contributed by atoms with Crippen molar-refractivity contribution < 1.29 is 55.6 Å². The molecule has 1 aromatic heterocycles. The zero-order valence-corrected chi connectivity index (χ0v) is 10.5. The summed E-state index contributed by atoms with van der Waals surface area (Å²) in [5.74, 6) is -1.59. The molecular weight excluding hydrogens is 237 g/mol. The molecule has 0 saturated heterocycles. The molecule has 8 nitrogen and oxygen atoms in total. The van der Waals surface area contributed by atoms with Crippen molar-refractivity contribution in [3.8, 4) is 0 Å². The molecule has 1 heterocycles. The number of anilines is 1. The largest absolute Gasteiger partial charge is 1.00 e. The first-order valence-corrected chi connectivity index (χ1v) is 3.68. The Bertz CT molecular complexity index is 341. The van der Waals surface area contributed by atoms with E-state index in [1.54, 1.807) is 0 Å². The van der Waals surface area contributed by atoms with Gasteiger partial charge in [0, 0.05) is 5.38 Å². The van der Waals surface area contributed by atoms with Crippen LogP contribution in [0.1, 0.15) is 5.69 Å². The molecule has 0 aliphatic carbocycles. The van der Waals surface area contributed by atoms with Crippen molar-refractivity contribution >= 4 is 28.1 Å². The second kappa shape index (κ2) is 8.59. The molecule has 0 atom stereocenters. The molecular formula is C5H8N3NaO5S. The summed E-state index contributed by atoms with van der Waals surface area (Å²) in [7, 11) is 0. The van der Waals surface area contributed by atoms with Crippen molar-refractivity contribution in [2.45, 2.75) is 0 Å². The van der Waals surface area contributed by atoms with Gasteiger partial charge in [-0.05, 0) is 0 Å². The van der Waals surface area contributed by atoms with E-state index in [-0.39, 0.29) is 51.3 Å². The maximum Gasteiger partial charge on any atom is 1.00 e. The monoisotopic (exact) mass is 245 g/mol. The van der Waals surface area contributed by atoms with Crippen LogP contribution in [0.5, 0.6) is 0 Å². The normalized spacial score (nSPS) is 9.20. The average Bonchev–Trinajstić information content (AvgIpc) is 2.37. The van der Waals surface area contributed by atoms with Gasteiger partial charge in [-0.3, -0.25) is 0 Å². The quantitative estimate of drug-likeness (QED) is 0.228. The molecule has 1 rings (SSSR count). The Hall–Kier alpha value is -0.710. The molecule has 7 N–H and O–H groups in total. The SMILES string of the molecule is Nc1nc(/C(=N/O)C(=O)[O-])cs1.O.O.[Na+]. The second-order valence-electron chi connectivity index (χ2n) is 1.81. The molecule has 1 aromatic rings.